The van der Waals surface area contributed by atoms with Crippen LogP contribution in [0.4, 0.5) is 5.69 Å². The highest BCUT2D eigenvalue weighted by molar-refractivity contribution is 6.06. The molecule has 0 spiro atoms. The molecule has 3 aromatic rings. The van der Waals surface area contributed by atoms with Crippen molar-refractivity contribution >= 4 is 11.6 Å². The highest BCUT2D eigenvalue weighted by Gasteiger charge is 2.19. The minimum Gasteiger partial charge on any atom is -0.454 e. The second kappa shape index (κ2) is 5.62. The van der Waals surface area contributed by atoms with Crippen LogP contribution in [0.1, 0.15) is 10.4 Å². The molecule has 1 aromatic heterocycles. The Morgan fingerprint density at radius 3 is 2.62 bits per heavy atom. The van der Waals surface area contributed by atoms with Crippen LogP contribution in [0.15, 0.2) is 53.3 Å². The van der Waals surface area contributed by atoms with Crippen molar-refractivity contribution in [3.8, 4) is 22.8 Å². The molecule has 0 aliphatic carbocycles. The molecule has 0 unspecified atom stereocenters. The molecule has 7 nitrogen and oxygen atoms in total. The summed E-state index contributed by atoms with van der Waals surface area (Å²) in [6, 6.07) is 14.1. The Morgan fingerprint density at radius 1 is 1.00 bits per heavy atom. The van der Waals surface area contributed by atoms with Crippen LogP contribution >= 0.6 is 0 Å². The average molecular weight is 323 g/mol. The molecule has 3 N–H and O–H groups in total. The van der Waals surface area contributed by atoms with E-state index >= 15 is 0 Å². The van der Waals surface area contributed by atoms with Crippen molar-refractivity contribution in [2.75, 3.05) is 12.1 Å². The van der Waals surface area contributed by atoms with E-state index in [9.17, 15) is 9.59 Å². The number of hydrogen-bond acceptors (Lipinski definition) is 4. The molecule has 7 heteroatoms. The van der Waals surface area contributed by atoms with E-state index in [2.05, 4.69) is 15.5 Å². The van der Waals surface area contributed by atoms with Crippen molar-refractivity contribution in [1.82, 2.24) is 10.2 Å². The highest BCUT2D eigenvalue weighted by atomic mass is 16.7. The molecule has 0 saturated heterocycles. The van der Waals surface area contributed by atoms with Crippen LogP contribution in [0, 0.1) is 0 Å². The van der Waals surface area contributed by atoms with E-state index in [1.807, 2.05) is 30.3 Å². The summed E-state index contributed by atoms with van der Waals surface area (Å²) >= 11 is 0. The Hall–Kier alpha value is -3.48. The van der Waals surface area contributed by atoms with Gasteiger partial charge in [0.1, 0.15) is 5.69 Å². The Balaban J connectivity index is 1.65. The fourth-order valence-electron chi connectivity index (χ4n) is 2.52. The molecular weight excluding hydrogens is 310 g/mol. The van der Waals surface area contributed by atoms with Gasteiger partial charge in [0.05, 0.1) is 5.69 Å². The van der Waals surface area contributed by atoms with Gasteiger partial charge in [-0.15, -0.1) is 0 Å². The summed E-state index contributed by atoms with van der Waals surface area (Å²) in [5.74, 6) is 0.695. The van der Waals surface area contributed by atoms with Gasteiger partial charge in [0.2, 0.25) is 6.79 Å². The Kier molecular flexibility index (Phi) is 3.31. The lowest BCUT2D eigenvalue weighted by atomic mass is 10.1. The number of amides is 1. The van der Waals surface area contributed by atoms with Crippen LogP contribution in [0.25, 0.3) is 11.3 Å². The van der Waals surface area contributed by atoms with Gasteiger partial charge in [-0.1, -0.05) is 30.3 Å². The molecule has 1 aliphatic heterocycles. The van der Waals surface area contributed by atoms with Gasteiger partial charge in [-0.3, -0.25) is 19.8 Å². The van der Waals surface area contributed by atoms with Crippen LogP contribution in [0.5, 0.6) is 11.5 Å². The van der Waals surface area contributed by atoms with Gasteiger partial charge in [-0.05, 0) is 18.2 Å². The molecule has 120 valence electrons. The minimum absolute atomic E-state index is 0.135. The van der Waals surface area contributed by atoms with Crippen LogP contribution < -0.4 is 20.3 Å². The minimum atomic E-state index is -0.407. The van der Waals surface area contributed by atoms with E-state index in [0.717, 1.165) is 5.56 Å². The fraction of sp³-hybridized carbons (Fsp3) is 0.0588. The first-order valence-corrected chi connectivity index (χ1v) is 7.29. The number of aromatic amines is 2. The second-order valence-electron chi connectivity index (χ2n) is 5.22. The van der Waals surface area contributed by atoms with E-state index in [-0.39, 0.29) is 12.5 Å². The van der Waals surface area contributed by atoms with Crippen molar-refractivity contribution in [3.05, 3.63) is 64.4 Å². The largest absolute Gasteiger partial charge is 0.454 e. The zero-order chi connectivity index (χ0) is 16.5. The third-order valence-corrected chi connectivity index (χ3v) is 3.71. The summed E-state index contributed by atoms with van der Waals surface area (Å²) in [4.78, 5) is 24.5. The lowest BCUT2D eigenvalue weighted by Crippen LogP contribution is -2.17. The van der Waals surface area contributed by atoms with Crippen molar-refractivity contribution in [2.45, 2.75) is 0 Å². The number of nitrogens with one attached hydrogen (secondary N) is 3. The molecule has 24 heavy (non-hydrogen) atoms. The van der Waals surface area contributed by atoms with Gasteiger partial charge in [0.25, 0.3) is 11.5 Å². The quantitative estimate of drug-likeness (QED) is 0.689. The standard InChI is InChI=1S/C17H13N3O4/c21-16(11-6-7-12-13(8-11)24-9-23-12)18-15-14(19-20-17(15)22)10-4-2-1-3-5-10/h1-8H,9H2,(H,18,21)(H2,19,20,22). The average Bonchev–Trinajstić information content (AvgIpc) is 3.22. The van der Waals surface area contributed by atoms with Crippen molar-refractivity contribution < 1.29 is 14.3 Å². The van der Waals surface area contributed by atoms with E-state index in [4.69, 9.17) is 9.47 Å². The first-order chi connectivity index (χ1) is 11.7. The maximum atomic E-state index is 12.5. The number of carbonyl (C=O) groups is 1. The Labute approximate surface area is 136 Å². The summed E-state index contributed by atoms with van der Waals surface area (Å²) < 4.78 is 10.5. The van der Waals surface area contributed by atoms with Crippen molar-refractivity contribution in [3.63, 3.8) is 0 Å². The molecule has 0 saturated carbocycles. The number of benzene rings is 2. The van der Waals surface area contributed by atoms with Gasteiger partial charge in [0, 0.05) is 11.1 Å². The predicted octanol–water partition coefficient (Wildman–Crippen LogP) is 2.35. The molecule has 1 amide bonds. The van der Waals surface area contributed by atoms with E-state index in [1.54, 1.807) is 18.2 Å². The van der Waals surface area contributed by atoms with Gasteiger partial charge in [-0.2, -0.15) is 0 Å². The summed E-state index contributed by atoms with van der Waals surface area (Å²) in [7, 11) is 0. The number of fused-ring (bicyclic) bond motifs is 1. The molecule has 0 atom stereocenters. The first kappa shape index (κ1) is 14.1. The third kappa shape index (κ3) is 2.41. The van der Waals surface area contributed by atoms with Gasteiger partial charge in [0.15, 0.2) is 11.5 Å². The van der Waals surface area contributed by atoms with Crippen LogP contribution in [-0.4, -0.2) is 22.9 Å². The van der Waals surface area contributed by atoms with Crippen LogP contribution in [0.2, 0.25) is 0 Å². The topological polar surface area (TPSA) is 96.2 Å². The monoisotopic (exact) mass is 323 g/mol. The molecule has 2 aromatic carbocycles. The predicted molar refractivity (Wildman–Crippen MR) is 87.4 cm³/mol. The number of rotatable bonds is 3. The fourth-order valence-corrected chi connectivity index (χ4v) is 2.52. The number of aromatic nitrogens is 2. The normalized spacial score (nSPS) is 12.2. The summed E-state index contributed by atoms with van der Waals surface area (Å²) in [5, 5.41) is 7.94. The zero-order valence-electron chi connectivity index (χ0n) is 12.5. The third-order valence-electron chi connectivity index (χ3n) is 3.71. The van der Waals surface area contributed by atoms with Gasteiger partial charge >= 0.3 is 0 Å². The Morgan fingerprint density at radius 2 is 1.79 bits per heavy atom. The molecule has 0 bridgehead atoms. The second-order valence-corrected chi connectivity index (χ2v) is 5.22. The smallest absolute Gasteiger partial charge is 0.288 e. The number of carbonyl (C=O) groups excluding carboxylic acids is 1. The first-order valence-electron chi connectivity index (χ1n) is 7.29. The van der Waals surface area contributed by atoms with Crippen LogP contribution in [0.3, 0.4) is 0 Å². The van der Waals surface area contributed by atoms with E-state index in [1.165, 1.54) is 0 Å². The van der Waals surface area contributed by atoms with E-state index < -0.39 is 11.5 Å². The summed E-state index contributed by atoms with van der Waals surface area (Å²) in [5.41, 5.74) is 1.46. The molecular formula is C17H13N3O4. The number of hydrogen-bond donors (Lipinski definition) is 3. The SMILES string of the molecule is O=C(Nc1c(-c2ccccc2)[nH][nH]c1=O)c1ccc2c(c1)OCO2. The van der Waals surface area contributed by atoms with Crippen molar-refractivity contribution in [2.24, 2.45) is 0 Å². The lowest BCUT2D eigenvalue weighted by molar-refractivity contribution is 0.102. The lowest BCUT2D eigenvalue weighted by Gasteiger charge is -2.06. The van der Waals surface area contributed by atoms with Crippen molar-refractivity contribution in [1.29, 1.82) is 0 Å². The molecule has 2 heterocycles. The number of anilines is 1. The summed E-state index contributed by atoms with van der Waals surface area (Å²) in [6.45, 7) is 0.135. The maximum Gasteiger partial charge on any atom is 0.288 e. The van der Waals surface area contributed by atoms with Gasteiger partial charge < -0.3 is 14.8 Å². The molecule has 4 rings (SSSR count). The van der Waals surface area contributed by atoms with Gasteiger partial charge in [-0.25, -0.2) is 0 Å². The molecule has 0 radical (unpaired) electrons. The number of H-pyrrole nitrogens is 2. The highest BCUT2D eigenvalue weighted by Crippen LogP contribution is 2.32. The van der Waals surface area contributed by atoms with E-state index in [0.29, 0.717) is 22.8 Å². The van der Waals surface area contributed by atoms with Crippen LogP contribution in [-0.2, 0) is 0 Å². The zero-order valence-corrected chi connectivity index (χ0v) is 12.5. The summed E-state index contributed by atoms with van der Waals surface area (Å²) in [6.07, 6.45) is 0. The Bertz CT molecular complexity index is 959. The maximum absolute atomic E-state index is 12.5. The molecule has 1 aliphatic rings. The number of ether oxygens (including phenoxy) is 2. The molecule has 0 fully saturated rings.